The highest BCUT2D eigenvalue weighted by atomic mass is 35.5. The molecule has 8 heteroatoms. The first-order chi connectivity index (χ1) is 10.0. The first-order valence-electron chi connectivity index (χ1n) is 6.58. The Morgan fingerprint density at radius 3 is 2.81 bits per heavy atom. The van der Waals surface area contributed by atoms with E-state index in [2.05, 4.69) is 5.32 Å². The number of hydrogen-bond acceptors (Lipinski definition) is 6. The van der Waals surface area contributed by atoms with Crippen LogP contribution < -0.4 is 10.1 Å². The molecule has 1 atom stereocenters. The number of nitro groups is 1. The molecule has 2 rings (SSSR count). The van der Waals surface area contributed by atoms with Gasteiger partial charge in [0.25, 0.3) is 0 Å². The van der Waals surface area contributed by atoms with Gasteiger partial charge in [-0.25, -0.2) is 4.79 Å². The largest absolute Gasteiger partial charge is 0.468 e. The Hall–Kier alpha value is -2.02. The standard InChI is InChI=1S/C11H11ClN2O5.C2H6/c1-2-18-11(15)9-5-13-7-3-6(12)4-8(14(16)17)10(7)19-9;1-2/h3-4,9,13H,2,5H2,1H3;1-2H3. The molecule has 1 unspecified atom stereocenters. The third kappa shape index (κ3) is 3.98. The molecule has 1 heterocycles. The molecule has 0 aliphatic carbocycles. The topological polar surface area (TPSA) is 90.7 Å². The van der Waals surface area contributed by atoms with Crippen LogP contribution in [0.4, 0.5) is 11.4 Å². The minimum absolute atomic E-state index is 0.00120. The van der Waals surface area contributed by atoms with E-state index in [1.807, 2.05) is 13.8 Å². The van der Waals surface area contributed by atoms with Crippen LogP contribution in [0.25, 0.3) is 0 Å². The van der Waals surface area contributed by atoms with Gasteiger partial charge in [0.2, 0.25) is 11.9 Å². The summed E-state index contributed by atoms with van der Waals surface area (Å²) in [4.78, 5) is 21.9. The molecule has 0 fully saturated rings. The van der Waals surface area contributed by atoms with E-state index in [1.165, 1.54) is 12.1 Å². The molecule has 0 aromatic heterocycles. The molecule has 0 bridgehead atoms. The average molecular weight is 317 g/mol. The van der Waals surface area contributed by atoms with Crippen LogP contribution in [0.3, 0.4) is 0 Å². The fraction of sp³-hybridized carbons (Fsp3) is 0.462. The Morgan fingerprint density at radius 2 is 2.24 bits per heavy atom. The van der Waals surface area contributed by atoms with Crippen molar-refractivity contribution in [3.05, 3.63) is 27.3 Å². The van der Waals surface area contributed by atoms with Crippen LogP contribution in [0.1, 0.15) is 20.8 Å². The van der Waals surface area contributed by atoms with Gasteiger partial charge in [0, 0.05) is 11.1 Å². The minimum Gasteiger partial charge on any atom is -0.468 e. The van der Waals surface area contributed by atoms with Gasteiger partial charge in [0.05, 0.1) is 23.8 Å². The molecule has 0 amide bonds. The van der Waals surface area contributed by atoms with Crippen molar-refractivity contribution in [1.82, 2.24) is 0 Å². The SMILES string of the molecule is CC.CCOC(=O)C1CNc2cc(Cl)cc([N+](=O)[O-])c2O1. The van der Waals surface area contributed by atoms with E-state index in [0.29, 0.717) is 5.69 Å². The number of carbonyl (C=O) groups excluding carboxylic acids is 1. The zero-order valence-corrected chi connectivity index (χ0v) is 12.8. The fourth-order valence-electron chi connectivity index (χ4n) is 1.72. The zero-order chi connectivity index (χ0) is 16.0. The minimum atomic E-state index is -0.910. The lowest BCUT2D eigenvalue weighted by atomic mass is 10.2. The van der Waals surface area contributed by atoms with Crippen molar-refractivity contribution >= 4 is 28.9 Å². The number of nitrogens with one attached hydrogen (secondary N) is 1. The Bertz CT molecular complexity index is 536. The van der Waals surface area contributed by atoms with Crippen molar-refractivity contribution in [1.29, 1.82) is 0 Å². The Kier molecular flexibility index (Phi) is 6.23. The number of hydrogen-bond donors (Lipinski definition) is 1. The highest BCUT2D eigenvalue weighted by Crippen LogP contribution is 2.40. The lowest BCUT2D eigenvalue weighted by Crippen LogP contribution is -2.39. The molecule has 1 aliphatic heterocycles. The number of anilines is 1. The summed E-state index contributed by atoms with van der Waals surface area (Å²) in [6.07, 6.45) is -0.910. The van der Waals surface area contributed by atoms with Crippen LogP contribution in [-0.4, -0.2) is 30.1 Å². The molecule has 0 spiro atoms. The summed E-state index contributed by atoms with van der Waals surface area (Å²) in [6.45, 7) is 6.06. The van der Waals surface area contributed by atoms with Crippen LogP contribution in [0, 0.1) is 10.1 Å². The summed E-state index contributed by atoms with van der Waals surface area (Å²) in [5.41, 5.74) is 0.101. The summed E-state index contributed by atoms with van der Waals surface area (Å²) in [5, 5.41) is 14.0. The predicted molar refractivity (Wildman–Crippen MR) is 79.0 cm³/mol. The maximum absolute atomic E-state index is 11.6. The second kappa shape index (κ2) is 7.68. The maximum Gasteiger partial charge on any atom is 0.349 e. The van der Waals surface area contributed by atoms with E-state index in [9.17, 15) is 14.9 Å². The third-order valence-electron chi connectivity index (χ3n) is 2.52. The Balaban J connectivity index is 0.00000106. The number of rotatable bonds is 3. The van der Waals surface area contributed by atoms with Gasteiger partial charge in [-0.3, -0.25) is 10.1 Å². The predicted octanol–water partition coefficient (Wildman–Crippen LogP) is 3.01. The summed E-state index contributed by atoms with van der Waals surface area (Å²) < 4.78 is 10.2. The Labute approximate surface area is 127 Å². The molecule has 1 N–H and O–H groups in total. The molecule has 7 nitrogen and oxygen atoms in total. The molecule has 0 saturated carbocycles. The first kappa shape index (κ1) is 17.0. The number of ether oxygens (including phenoxy) is 2. The number of halogens is 1. The monoisotopic (exact) mass is 316 g/mol. The summed E-state index contributed by atoms with van der Waals surface area (Å²) in [7, 11) is 0. The van der Waals surface area contributed by atoms with Crippen molar-refractivity contribution in [2.75, 3.05) is 18.5 Å². The normalized spacial score (nSPS) is 15.5. The van der Waals surface area contributed by atoms with Gasteiger partial charge in [0.1, 0.15) is 0 Å². The number of carbonyl (C=O) groups is 1. The highest BCUT2D eigenvalue weighted by Gasteiger charge is 2.32. The van der Waals surface area contributed by atoms with Gasteiger partial charge in [-0.05, 0) is 13.0 Å². The molecular weight excluding hydrogens is 300 g/mol. The smallest absolute Gasteiger partial charge is 0.349 e. The second-order valence-corrected chi connectivity index (χ2v) is 4.23. The number of nitrogens with zero attached hydrogens (tertiary/aromatic N) is 1. The van der Waals surface area contributed by atoms with Gasteiger partial charge >= 0.3 is 11.7 Å². The van der Waals surface area contributed by atoms with E-state index in [0.717, 1.165) is 0 Å². The van der Waals surface area contributed by atoms with Gasteiger partial charge in [-0.15, -0.1) is 0 Å². The molecule has 0 radical (unpaired) electrons. The van der Waals surface area contributed by atoms with E-state index in [1.54, 1.807) is 6.92 Å². The van der Waals surface area contributed by atoms with Gasteiger partial charge in [-0.1, -0.05) is 25.4 Å². The molecule has 21 heavy (non-hydrogen) atoms. The third-order valence-corrected chi connectivity index (χ3v) is 2.74. The first-order valence-corrected chi connectivity index (χ1v) is 6.95. The Morgan fingerprint density at radius 1 is 1.57 bits per heavy atom. The van der Waals surface area contributed by atoms with Crippen molar-refractivity contribution < 1.29 is 19.2 Å². The number of esters is 1. The summed E-state index contributed by atoms with van der Waals surface area (Å²) >= 11 is 5.78. The highest BCUT2D eigenvalue weighted by molar-refractivity contribution is 6.31. The fourth-order valence-corrected chi connectivity index (χ4v) is 1.94. The van der Waals surface area contributed by atoms with Crippen molar-refractivity contribution in [2.24, 2.45) is 0 Å². The van der Waals surface area contributed by atoms with E-state index in [-0.39, 0.29) is 29.6 Å². The molecule has 1 aliphatic rings. The lowest BCUT2D eigenvalue weighted by molar-refractivity contribution is -0.386. The van der Waals surface area contributed by atoms with Gasteiger partial charge < -0.3 is 14.8 Å². The maximum atomic E-state index is 11.6. The van der Waals surface area contributed by atoms with Gasteiger partial charge in [0.15, 0.2) is 0 Å². The second-order valence-electron chi connectivity index (χ2n) is 3.80. The molecule has 116 valence electrons. The zero-order valence-electron chi connectivity index (χ0n) is 12.0. The lowest BCUT2D eigenvalue weighted by Gasteiger charge is -2.25. The van der Waals surface area contributed by atoms with Crippen LogP contribution in [0.2, 0.25) is 5.02 Å². The van der Waals surface area contributed by atoms with E-state index < -0.39 is 17.0 Å². The molecule has 1 aromatic carbocycles. The van der Waals surface area contributed by atoms with Crippen molar-refractivity contribution in [2.45, 2.75) is 26.9 Å². The van der Waals surface area contributed by atoms with Crippen molar-refractivity contribution in [3.63, 3.8) is 0 Å². The van der Waals surface area contributed by atoms with E-state index >= 15 is 0 Å². The summed E-state index contributed by atoms with van der Waals surface area (Å²) in [5.74, 6) is -0.566. The summed E-state index contributed by atoms with van der Waals surface area (Å²) in [6, 6.07) is 2.68. The van der Waals surface area contributed by atoms with Crippen molar-refractivity contribution in [3.8, 4) is 5.75 Å². The number of nitro benzene ring substituents is 1. The molecular formula is C13H17ClN2O5. The van der Waals surface area contributed by atoms with E-state index in [4.69, 9.17) is 21.1 Å². The number of fused-ring (bicyclic) bond motifs is 1. The molecule has 0 saturated heterocycles. The van der Waals surface area contributed by atoms with Crippen LogP contribution in [0.5, 0.6) is 5.75 Å². The van der Waals surface area contributed by atoms with Crippen LogP contribution >= 0.6 is 11.6 Å². The van der Waals surface area contributed by atoms with Crippen LogP contribution in [0.15, 0.2) is 12.1 Å². The number of benzene rings is 1. The van der Waals surface area contributed by atoms with Crippen LogP contribution in [-0.2, 0) is 9.53 Å². The molecule has 1 aromatic rings. The van der Waals surface area contributed by atoms with Gasteiger partial charge in [-0.2, -0.15) is 0 Å². The average Bonchev–Trinajstić information content (AvgIpc) is 2.48. The quantitative estimate of drug-likeness (QED) is 0.523.